The Balaban J connectivity index is 1.46. The van der Waals surface area contributed by atoms with Crippen LogP contribution in [0.2, 0.25) is 0 Å². The third-order valence-electron chi connectivity index (χ3n) is 7.53. The van der Waals surface area contributed by atoms with Gasteiger partial charge in [0.1, 0.15) is 17.0 Å². The molecule has 0 saturated heterocycles. The third-order valence-corrected chi connectivity index (χ3v) is 7.53. The number of esters is 1. The van der Waals surface area contributed by atoms with Gasteiger partial charge in [0, 0.05) is 18.0 Å². The van der Waals surface area contributed by atoms with Crippen molar-refractivity contribution in [1.29, 1.82) is 0 Å². The Morgan fingerprint density at radius 3 is 2.44 bits per heavy atom. The van der Waals surface area contributed by atoms with E-state index in [1.54, 1.807) is 0 Å². The van der Waals surface area contributed by atoms with Gasteiger partial charge in [-0.15, -0.1) is 0 Å². The molecule has 2 saturated carbocycles. The fraction of sp³-hybridized carbons (Fsp3) is 0.704. The van der Waals surface area contributed by atoms with Gasteiger partial charge in [0.2, 0.25) is 0 Å². The van der Waals surface area contributed by atoms with E-state index < -0.39 is 17.3 Å². The molecule has 1 aromatic rings. The highest BCUT2D eigenvalue weighted by molar-refractivity contribution is 5.73. The van der Waals surface area contributed by atoms with Gasteiger partial charge in [-0.05, 0) is 82.8 Å². The standard InChI is InChI=1S/C27H39NO6/c1-16(24(30)32-5)23(17-6-7-17)18-8-9-20-21(29)15-27(33-22(20)14-18)12-10-19(11-13-27)28-25(31)34-26(2,3)4/h8-9,14,16-17,19,21,23,29H,6-7,10-13,15H2,1-5H3,(H,28,31)/t16-,19?,21?,23-,27?/m0/s1. The van der Waals surface area contributed by atoms with Crippen molar-refractivity contribution < 1.29 is 28.9 Å². The van der Waals surface area contributed by atoms with Crippen LogP contribution in [-0.2, 0) is 14.3 Å². The zero-order valence-electron chi connectivity index (χ0n) is 21.1. The van der Waals surface area contributed by atoms with Gasteiger partial charge in [0.05, 0.1) is 19.1 Å². The quantitative estimate of drug-likeness (QED) is 0.584. The summed E-state index contributed by atoms with van der Waals surface area (Å²) in [4.78, 5) is 24.5. The Morgan fingerprint density at radius 1 is 1.18 bits per heavy atom. The zero-order chi connectivity index (χ0) is 24.7. The molecule has 1 spiro atoms. The Kier molecular flexibility index (Phi) is 6.87. The average molecular weight is 474 g/mol. The number of alkyl carbamates (subject to hydrolysis) is 1. The van der Waals surface area contributed by atoms with Crippen LogP contribution < -0.4 is 10.1 Å². The molecule has 2 fully saturated rings. The number of aliphatic hydroxyl groups is 1. The summed E-state index contributed by atoms with van der Waals surface area (Å²) in [5, 5.41) is 13.9. The summed E-state index contributed by atoms with van der Waals surface area (Å²) in [5.74, 6) is 0.863. The fourth-order valence-electron chi connectivity index (χ4n) is 5.68. The number of methoxy groups -OCH3 is 1. The van der Waals surface area contributed by atoms with E-state index in [1.165, 1.54) is 7.11 Å². The van der Waals surface area contributed by atoms with Crippen LogP contribution in [-0.4, -0.2) is 41.5 Å². The number of nitrogens with one attached hydrogen (secondary N) is 1. The first-order valence-corrected chi connectivity index (χ1v) is 12.6. The lowest BCUT2D eigenvalue weighted by Gasteiger charge is -2.45. The number of rotatable bonds is 5. The fourth-order valence-corrected chi connectivity index (χ4v) is 5.68. The molecule has 7 nitrogen and oxygen atoms in total. The second-order valence-electron chi connectivity index (χ2n) is 11.4. The molecular formula is C27H39NO6. The van der Waals surface area contributed by atoms with Gasteiger partial charge in [0.25, 0.3) is 0 Å². The molecule has 1 heterocycles. The average Bonchev–Trinajstić information content (AvgIpc) is 3.58. The maximum Gasteiger partial charge on any atom is 0.407 e. The van der Waals surface area contributed by atoms with Crippen LogP contribution >= 0.6 is 0 Å². The summed E-state index contributed by atoms with van der Waals surface area (Å²) in [6.07, 6.45) is 4.83. The molecular weight excluding hydrogens is 434 g/mol. The number of ether oxygens (including phenoxy) is 3. The number of carbonyl (C=O) groups excluding carboxylic acids is 2. The molecule has 1 aliphatic heterocycles. The largest absolute Gasteiger partial charge is 0.487 e. The summed E-state index contributed by atoms with van der Waals surface area (Å²) in [6.45, 7) is 7.49. The normalized spacial score (nSPS) is 28.3. The van der Waals surface area contributed by atoms with Crippen LogP contribution in [0.3, 0.4) is 0 Å². The lowest BCUT2D eigenvalue weighted by molar-refractivity contribution is -0.145. The summed E-state index contributed by atoms with van der Waals surface area (Å²) < 4.78 is 17.0. The van der Waals surface area contributed by atoms with E-state index in [-0.39, 0.29) is 29.9 Å². The van der Waals surface area contributed by atoms with Crippen molar-refractivity contribution >= 4 is 12.1 Å². The van der Waals surface area contributed by atoms with Gasteiger partial charge >= 0.3 is 12.1 Å². The summed E-state index contributed by atoms with van der Waals surface area (Å²) in [7, 11) is 1.44. The molecule has 0 aromatic heterocycles. The van der Waals surface area contributed by atoms with Crippen LogP contribution in [0.1, 0.15) is 95.8 Å². The summed E-state index contributed by atoms with van der Waals surface area (Å²) in [6, 6.07) is 6.06. The molecule has 2 N–H and O–H groups in total. The van der Waals surface area contributed by atoms with E-state index in [9.17, 15) is 14.7 Å². The van der Waals surface area contributed by atoms with Crippen LogP contribution in [0.15, 0.2) is 18.2 Å². The van der Waals surface area contributed by atoms with Crippen LogP contribution in [0.5, 0.6) is 5.75 Å². The van der Waals surface area contributed by atoms with Crippen LogP contribution in [0.25, 0.3) is 0 Å². The predicted molar refractivity (Wildman–Crippen MR) is 128 cm³/mol. The number of fused-ring (bicyclic) bond motifs is 1. The second-order valence-corrected chi connectivity index (χ2v) is 11.4. The zero-order valence-corrected chi connectivity index (χ0v) is 21.1. The van der Waals surface area contributed by atoms with Crippen molar-refractivity contribution in [3.63, 3.8) is 0 Å². The second kappa shape index (κ2) is 9.40. The van der Waals surface area contributed by atoms with Gasteiger partial charge < -0.3 is 24.6 Å². The van der Waals surface area contributed by atoms with E-state index in [2.05, 4.69) is 5.32 Å². The van der Waals surface area contributed by atoms with Gasteiger partial charge in [0.15, 0.2) is 0 Å². The Morgan fingerprint density at radius 2 is 1.85 bits per heavy atom. The highest BCUT2D eigenvalue weighted by Crippen LogP contribution is 2.50. The number of benzene rings is 1. The van der Waals surface area contributed by atoms with E-state index in [0.29, 0.717) is 12.3 Å². The first kappa shape index (κ1) is 24.8. The Hall–Kier alpha value is -2.28. The lowest BCUT2D eigenvalue weighted by atomic mass is 9.75. The van der Waals surface area contributed by atoms with Gasteiger partial charge in [-0.25, -0.2) is 4.79 Å². The number of hydrogen-bond acceptors (Lipinski definition) is 6. The minimum absolute atomic E-state index is 0.0362. The van der Waals surface area contributed by atoms with Crippen LogP contribution in [0, 0.1) is 11.8 Å². The van der Waals surface area contributed by atoms with Gasteiger partial charge in [-0.1, -0.05) is 19.1 Å². The smallest absolute Gasteiger partial charge is 0.407 e. The first-order valence-electron chi connectivity index (χ1n) is 12.6. The maximum atomic E-state index is 12.3. The maximum absolute atomic E-state index is 12.3. The molecule has 188 valence electrons. The van der Waals surface area contributed by atoms with Crippen molar-refractivity contribution in [3.8, 4) is 5.75 Å². The molecule has 1 unspecified atom stereocenters. The lowest BCUT2D eigenvalue weighted by Crippen LogP contribution is -2.49. The minimum atomic E-state index is -0.592. The van der Waals surface area contributed by atoms with E-state index >= 15 is 0 Å². The summed E-state index contributed by atoms with van der Waals surface area (Å²) in [5.41, 5.74) is 0.911. The molecule has 0 radical (unpaired) electrons. The van der Waals surface area contributed by atoms with Crippen molar-refractivity contribution in [3.05, 3.63) is 29.3 Å². The van der Waals surface area contributed by atoms with Crippen molar-refractivity contribution in [2.75, 3.05) is 7.11 Å². The molecule has 7 heteroatoms. The molecule has 1 amide bonds. The van der Waals surface area contributed by atoms with Gasteiger partial charge in [-0.3, -0.25) is 4.79 Å². The molecule has 3 atom stereocenters. The molecule has 3 aliphatic rings. The summed E-state index contributed by atoms with van der Waals surface area (Å²) >= 11 is 0. The monoisotopic (exact) mass is 473 g/mol. The highest BCUT2D eigenvalue weighted by Gasteiger charge is 2.45. The number of hydrogen-bond donors (Lipinski definition) is 2. The SMILES string of the molecule is COC(=O)[C@@H](C)[C@H](c1ccc2c(c1)OC1(CCC(NC(=O)OC(C)(C)C)CC1)CC2O)C1CC1. The molecule has 34 heavy (non-hydrogen) atoms. The van der Waals surface area contributed by atoms with E-state index in [1.807, 2.05) is 45.9 Å². The first-order chi connectivity index (χ1) is 16.0. The molecule has 1 aromatic carbocycles. The highest BCUT2D eigenvalue weighted by atomic mass is 16.6. The number of aliphatic hydroxyl groups excluding tert-OH is 1. The van der Waals surface area contributed by atoms with Crippen molar-refractivity contribution in [1.82, 2.24) is 5.32 Å². The van der Waals surface area contributed by atoms with E-state index in [4.69, 9.17) is 14.2 Å². The minimum Gasteiger partial charge on any atom is -0.487 e. The predicted octanol–water partition coefficient (Wildman–Crippen LogP) is 5.01. The number of amides is 1. The molecule has 2 aliphatic carbocycles. The topological polar surface area (TPSA) is 94.1 Å². The molecule has 0 bridgehead atoms. The Labute approximate surface area is 202 Å². The van der Waals surface area contributed by atoms with E-state index in [0.717, 1.165) is 55.4 Å². The van der Waals surface area contributed by atoms with Crippen molar-refractivity contribution in [2.24, 2.45) is 11.8 Å². The van der Waals surface area contributed by atoms with Gasteiger partial charge in [-0.2, -0.15) is 0 Å². The number of carbonyl (C=O) groups is 2. The van der Waals surface area contributed by atoms with Crippen molar-refractivity contribution in [2.45, 2.75) is 102 Å². The third kappa shape index (κ3) is 5.51. The molecule has 4 rings (SSSR count). The Bertz CT molecular complexity index is 910. The van der Waals surface area contributed by atoms with Crippen LogP contribution in [0.4, 0.5) is 4.79 Å².